The van der Waals surface area contributed by atoms with Crippen LogP contribution in [0.2, 0.25) is 0 Å². The largest absolute Gasteiger partial charge is 0.313 e. The Balaban J connectivity index is 1.60. The van der Waals surface area contributed by atoms with Crippen molar-refractivity contribution in [1.82, 2.24) is 20.0 Å². The summed E-state index contributed by atoms with van der Waals surface area (Å²) >= 11 is 0. The van der Waals surface area contributed by atoms with Gasteiger partial charge in [-0.15, -0.1) is 0 Å². The predicted molar refractivity (Wildman–Crippen MR) is 83.8 cm³/mol. The van der Waals surface area contributed by atoms with Gasteiger partial charge in [-0.2, -0.15) is 5.10 Å². The quantitative estimate of drug-likeness (QED) is 0.812. The van der Waals surface area contributed by atoms with Crippen LogP contribution in [0, 0.1) is 0 Å². The Bertz CT molecular complexity index is 385. The van der Waals surface area contributed by atoms with E-state index in [-0.39, 0.29) is 5.54 Å². The van der Waals surface area contributed by atoms with Crippen LogP contribution in [0.1, 0.15) is 52.0 Å². The van der Waals surface area contributed by atoms with Gasteiger partial charge < -0.3 is 10.2 Å². The van der Waals surface area contributed by atoms with Crippen molar-refractivity contribution >= 4 is 0 Å². The molecule has 0 spiro atoms. The Labute approximate surface area is 123 Å². The molecule has 1 aliphatic rings. The van der Waals surface area contributed by atoms with Crippen molar-refractivity contribution < 1.29 is 0 Å². The zero-order valence-corrected chi connectivity index (χ0v) is 13.4. The molecule has 0 radical (unpaired) electrons. The van der Waals surface area contributed by atoms with Gasteiger partial charge in [0.1, 0.15) is 0 Å². The molecule has 0 amide bonds. The Kier molecular flexibility index (Phi) is 5.61. The Hall–Kier alpha value is -0.870. The van der Waals surface area contributed by atoms with E-state index in [9.17, 15) is 0 Å². The van der Waals surface area contributed by atoms with E-state index in [1.807, 2.05) is 10.9 Å². The van der Waals surface area contributed by atoms with E-state index in [2.05, 4.69) is 42.3 Å². The molecule has 0 aromatic carbocycles. The van der Waals surface area contributed by atoms with Crippen LogP contribution in [0.4, 0.5) is 0 Å². The number of nitrogens with zero attached hydrogens (tertiary/aromatic N) is 3. The average molecular weight is 278 g/mol. The van der Waals surface area contributed by atoms with Crippen molar-refractivity contribution in [3.63, 3.8) is 0 Å². The summed E-state index contributed by atoms with van der Waals surface area (Å²) in [5, 5.41) is 7.95. The van der Waals surface area contributed by atoms with Gasteiger partial charge in [-0.1, -0.05) is 6.42 Å². The predicted octanol–water partition coefficient (Wildman–Crippen LogP) is 2.60. The maximum Gasteiger partial charge on any atom is 0.0543 e. The zero-order valence-electron chi connectivity index (χ0n) is 13.4. The maximum atomic E-state index is 4.43. The molecule has 0 atom stereocenters. The van der Waals surface area contributed by atoms with Gasteiger partial charge in [0, 0.05) is 18.3 Å². The molecule has 0 unspecified atom stereocenters. The maximum absolute atomic E-state index is 4.43. The fraction of sp³-hybridized carbons (Fsp3) is 0.812. The molecule has 1 saturated heterocycles. The molecule has 1 fully saturated rings. The number of aromatic nitrogens is 2. The first kappa shape index (κ1) is 15.5. The molecular formula is C16H30N4. The molecule has 1 N–H and O–H groups in total. The van der Waals surface area contributed by atoms with Crippen LogP contribution in [-0.2, 0) is 12.1 Å². The topological polar surface area (TPSA) is 33.1 Å². The molecule has 1 aromatic rings. The van der Waals surface area contributed by atoms with E-state index in [0.717, 1.165) is 13.1 Å². The number of nitrogens with one attached hydrogen (secondary N) is 1. The fourth-order valence-electron chi connectivity index (χ4n) is 2.66. The first-order valence-electron chi connectivity index (χ1n) is 8.03. The Morgan fingerprint density at radius 1 is 1.20 bits per heavy atom. The van der Waals surface area contributed by atoms with Gasteiger partial charge in [0.15, 0.2) is 0 Å². The number of hydrogen-bond donors (Lipinski definition) is 1. The second kappa shape index (κ2) is 7.23. The summed E-state index contributed by atoms with van der Waals surface area (Å²) in [5.74, 6) is 0. The monoisotopic (exact) mass is 278 g/mol. The highest BCUT2D eigenvalue weighted by Gasteiger charge is 2.13. The van der Waals surface area contributed by atoms with Crippen LogP contribution < -0.4 is 5.32 Å². The summed E-state index contributed by atoms with van der Waals surface area (Å²) in [6.07, 6.45) is 9.57. The van der Waals surface area contributed by atoms with Gasteiger partial charge >= 0.3 is 0 Å². The van der Waals surface area contributed by atoms with E-state index in [1.54, 1.807) is 0 Å². The van der Waals surface area contributed by atoms with Gasteiger partial charge in [0.05, 0.1) is 11.7 Å². The molecule has 0 bridgehead atoms. The molecule has 4 heteroatoms. The van der Waals surface area contributed by atoms with Crippen molar-refractivity contribution in [1.29, 1.82) is 0 Å². The minimum atomic E-state index is 0.0759. The van der Waals surface area contributed by atoms with Crippen LogP contribution in [0.25, 0.3) is 0 Å². The highest BCUT2D eigenvalue weighted by molar-refractivity contribution is 5.04. The van der Waals surface area contributed by atoms with Gasteiger partial charge in [0.25, 0.3) is 0 Å². The fourth-order valence-corrected chi connectivity index (χ4v) is 2.66. The van der Waals surface area contributed by atoms with Crippen molar-refractivity contribution in [2.45, 2.75) is 58.5 Å². The van der Waals surface area contributed by atoms with Crippen LogP contribution in [0.3, 0.4) is 0 Å². The smallest absolute Gasteiger partial charge is 0.0543 e. The molecule has 1 aliphatic heterocycles. The van der Waals surface area contributed by atoms with Gasteiger partial charge in [-0.3, -0.25) is 4.68 Å². The lowest BCUT2D eigenvalue weighted by molar-refractivity contribution is 0.225. The molecule has 2 heterocycles. The first-order chi connectivity index (χ1) is 9.55. The van der Waals surface area contributed by atoms with Crippen molar-refractivity contribution in [2.75, 3.05) is 26.2 Å². The first-order valence-corrected chi connectivity index (χ1v) is 8.03. The Morgan fingerprint density at radius 2 is 1.95 bits per heavy atom. The highest BCUT2D eigenvalue weighted by atomic mass is 15.3. The lowest BCUT2D eigenvalue weighted by Crippen LogP contribution is -2.32. The van der Waals surface area contributed by atoms with E-state index < -0.39 is 0 Å². The van der Waals surface area contributed by atoms with E-state index in [4.69, 9.17) is 0 Å². The van der Waals surface area contributed by atoms with Gasteiger partial charge in [0.2, 0.25) is 0 Å². The van der Waals surface area contributed by atoms with Gasteiger partial charge in [-0.25, -0.2) is 0 Å². The molecule has 1 aromatic heterocycles. The average Bonchev–Trinajstić information content (AvgIpc) is 2.88. The zero-order chi connectivity index (χ0) is 14.4. The van der Waals surface area contributed by atoms with Crippen molar-refractivity contribution in [3.05, 3.63) is 18.0 Å². The summed E-state index contributed by atoms with van der Waals surface area (Å²) in [7, 11) is 0. The van der Waals surface area contributed by atoms with E-state index in [0.29, 0.717) is 0 Å². The normalized spacial score (nSPS) is 17.6. The Morgan fingerprint density at radius 3 is 2.60 bits per heavy atom. The molecule has 114 valence electrons. The molecule has 0 saturated carbocycles. The molecule has 4 nitrogen and oxygen atoms in total. The van der Waals surface area contributed by atoms with Gasteiger partial charge in [-0.05, 0) is 66.2 Å². The SMILES string of the molecule is CC(C)(C)n1cc(CNCCCN2CCCCC2)cn1. The van der Waals surface area contributed by atoms with Crippen molar-refractivity contribution in [2.24, 2.45) is 0 Å². The van der Waals surface area contributed by atoms with E-state index >= 15 is 0 Å². The second-order valence-electron chi connectivity index (χ2n) is 6.90. The van der Waals surface area contributed by atoms with Crippen LogP contribution >= 0.6 is 0 Å². The lowest BCUT2D eigenvalue weighted by Gasteiger charge is -2.26. The third-order valence-electron chi connectivity index (χ3n) is 3.93. The number of piperidine rings is 1. The van der Waals surface area contributed by atoms with Crippen LogP contribution in [0.5, 0.6) is 0 Å². The summed E-state index contributed by atoms with van der Waals surface area (Å²) in [4.78, 5) is 2.60. The third kappa shape index (κ3) is 4.91. The summed E-state index contributed by atoms with van der Waals surface area (Å²) in [5.41, 5.74) is 1.35. The number of likely N-dealkylation sites (tertiary alicyclic amines) is 1. The third-order valence-corrected chi connectivity index (χ3v) is 3.93. The second-order valence-corrected chi connectivity index (χ2v) is 6.90. The van der Waals surface area contributed by atoms with Crippen molar-refractivity contribution in [3.8, 4) is 0 Å². The van der Waals surface area contributed by atoms with E-state index in [1.165, 1.54) is 50.9 Å². The highest BCUT2D eigenvalue weighted by Crippen LogP contribution is 2.13. The minimum absolute atomic E-state index is 0.0759. The summed E-state index contributed by atoms with van der Waals surface area (Å²) < 4.78 is 2.04. The summed E-state index contributed by atoms with van der Waals surface area (Å²) in [6.45, 7) is 12.4. The molecule has 20 heavy (non-hydrogen) atoms. The number of rotatable bonds is 6. The van der Waals surface area contributed by atoms with Crippen LogP contribution in [0.15, 0.2) is 12.4 Å². The lowest BCUT2D eigenvalue weighted by atomic mass is 10.1. The van der Waals surface area contributed by atoms with Crippen LogP contribution in [-0.4, -0.2) is 40.9 Å². The minimum Gasteiger partial charge on any atom is -0.313 e. The standard InChI is InChI=1S/C16H30N4/c1-16(2,3)20-14-15(13-18-20)12-17-8-7-11-19-9-5-4-6-10-19/h13-14,17H,4-12H2,1-3H3. The molecule has 0 aliphatic carbocycles. The summed E-state index contributed by atoms with van der Waals surface area (Å²) in [6, 6.07) is 0. The number of hydrogen-bond acceptors (Lipinski definition) is 3. The molecular weight excluding hydrogens is 248 g/mol. The molecule has 2 rings (SSSR count).